The first-order chi connectivity index (χ1) is 15.5. The van der Waals surface area contributed by atoms with E-state index >= 15 is 0 Å². The van der Waals surface area contributed by atoms with E-state index in [0.717, 1.165) is 0 Å². The number of aromatic nitrogens is 1. The number of oxazole rings is 1. The molecule has 1 saturated heterocycles. The van der Waals surface area contributed by atoms with Gasteiger partial charge >= 0.3 is 0 Å². The fourth-order valence-corrected chi connectivity index (χ4v) is 4.07. The zero-order valence-electron chi connectivity index (χ0n) is 17.7. The van der Waals surface area contributed by atoms with Gasteiger partial charge in [0.1, 0.15) is 17.6 Å². The van der Waals surface area contributed by atoms with Crippen LogP contribution in [-0.2, 0) is 11.3 Å². The summed E-state index contributed by atoms with van der Waals surface area (Å²) in [5.74, 6) is 2.17. The number of ether oxygens (including phenoxy) is 3. The van der Waals surface area contributed by atoms with Crippen molar-refractivity contribution in [2.24, 2.45) is 0 Å². The number of benzene rings is 2. The number of hydrogen-bond donors (Lipinski definition) is 1. The van der Waals surface area contributed by atoms with E-state index in [4.69, 9.17) is 18.6 Å². The standard InChI is InChI=1S/C23H22FN3O5/c1-13-17(11-27-7-6-25-22(28)20(27)14-4-3-5-16(24)8-14)26-23(32-13)15-9-18(29-2)21-19(10-15)30-12-31-21/h3-5,8-10,20H,6-7,11-12H2,1-2H3,(H,25,28). The van der Waals surface area contributed by atoms with Gasteiger partial charge in [0, 0.05) is 25.2 Å². The second kappa shape index (κ2) is 8.16. The van der Waals surface area contributed by atoms with Crippen LogP contribution in [0.2, 0.25) is 0 Å². The minimum atomic E-state index is -0.607. The lowest BCUT2D eigenvalue weighted by atomic mass is 10.0. The fraction of sp³-hybridized carbons (Fsp3) is 0.304. The van der Waals surface area contributed by atoms with Crippen LogP contribution in [0.15, 0.2) is 40.8 Å². The van der Waals surface area contributed by atoms with Crippen molar-refractivity contribution < 1.29 is 27.8 Å². The molecule has 1 unspecified atom stereocenters. The minimum absolute atomic E-state index is 0.128. The number of nitrogens with zero attached hydrogens (tertiary/aromatic N) is 2. The highest BCUT2D eigenvalue weighted by Gasteiger charge is 2.32. The van der Waals surface area contributed by atoms with Crippen molar-refractivity contribution in [1.29, 1.82) is 0 Å². The summed E-state index contributed by atoms with van der Waals surface area (Å²) in [5.41, 5.74) is 2.00. The molecule has 0 saturated carbocycles. The predicted octanol–water partition coefficient (Wildman–Crippen LogP) is 3.20. The Morgan fingerprint density at radius 2 is 2.16 bits per heavy atom. The van der Waals surface area contributed by atoms with Crippen molar-refractivity contribution >= 4 is 5.91 Å². The number of aryl methyl sites for hydroxylation is 1. The topological polar surface area (TPSA) is 86.1 Å². The molecule has 0 bridgehead atoms. The van der Waals surface area contributed by atoms with E-state index in [2.05, 4.69) is 10.3 Å². The highest BCUT2D eigenvalue weighted by molar-refractivity contribution is 5.83. The van der Waals surface area contributed by atoms with Crippen LogP contribution < -0.4 is 19.5 Å². The Labute approximate surface area is 183 Å². The maximum absolute atomic E-state index is 13.8. The second-order valence-corrected chi connectivity index (χ2v) is 7.65. The van der Waals surface area contributed by atoms with Crippen LogP contribution in [0.1, 0.15) is 23.1 Å². The lowest BCUT2D eigenvalue weighted by Crippen LogP contribution is -2.49. The summed E-state index contributed by atoms with van der Waals surface area (Å²) in [6.45, 7) is 3.45. The Hall–Kier alpha value is -3.59. The second-order valence-electron chi connectivity index (χ2n) is 7.65. The highest BCUT2D eigenvalue weighted by atomic mass is 19.1. The number of fused-ring (bicyclic) bond motifs is 1. The van der Waals surface area contributed by atoms with Crippen molar-refractivity contribution in [3.8, 4) is 28.7 Å². The molecule has 2 aliphatic heterocycles. The van der Waals surface area contributed by atoms with Gasteiger partial charge in [-0.1, -0.05) is 12.1 Å². The van der Waals surface area contributed by atoms with E-state index in [1.54, 1.807) is 31.4 Å². The number of carbonyl (C=O) groups excluding carboxylic acids is 1. The monoisotopic (exact) mass is 439 g/mol. The summed E-state index contributed by atoms with van der Waals surface area (Å²) < 4.78 is 36.1. The fourth-order valence-electron chi connectivity index (χ4n) is 4.07. The predicted molar refractivity (Wildman–Crippen MR) is 112 cm³/mol. The average Bonchev–Trinajstić information content (AvgIpc) is 3.40. The molecule has 0 radical (unpaired) electrons. The molecule has 9 heteroatoms. The van der Waals surface area contributed by atoms with Gasteiger partial charge in [0.2, 0.25) is 24.3 Å². The summed E-state index contributed by atoms with van der Waals surface area (Å²) in [4.78, 5) is 19.3. The molecule has 166 valence electrons. The van der Waals surface area contributed by atoms with Gasteiger partial charge in [-0.2, -0.15) is 0 Å². The molecule has 1 fully saturated rings. The van der Waals surface area contributed by atoms with E-state index in [0.29, 0.717) is 65.4 Å². The SMILES string of the molecule is COc1cc(-c2nc(CN3CCNC(=O)C3c3cccc(F)c3)c(C)o2)cc2c1OCO2. The summed E-state index contributed by atoms with van der Waals surface area (Å²) in [6.07, 6.45) is 0. The average molecular weight is 439 g/mol. The largest absolute Gasteiger partial charge is 0.493 e. The molecular weight excluding hydrogens is 417 g/mol. The molecular formula is C23H22FN3O5. The Kier molecular flexibility index (Phi) is 5.18. The van der Waals surface area contributed by atoms with E-state index in [9.17, 15) is 9.18 Å². The van der Waals surface area contributed by atoms with E-state index in [-0.39, 0.29) is 18.5 Å². The number of nitrogens with one attached hydrogen (secondary N) is 1. The molecule has 1 amide bonds. The Morgan fingerprint density at radius 3 is 2.97 bits per heavy atom. The van der Waals surface area contributed by atoms with Gasteiger partial charge in [-0.25, -0.2) is 9.37 Å². The Bertz CT molecular complexity index is 1180. The molecule has 2 aromatic carbocycles. The molecule has 1 aromatic heterocycles. The summed E-state index contributed by atoms with van der Waals surface area (Å²) >= 11 is 0. The van der Waals surface area contributed by atoms with Gasteiger partial charge < -0.3 is 23.9 Å². The number of methoxy groups -OCH3 is 1. The van der Waals surface area contributed by atoms with Gasteiger partial charge in [-0.15, -0.1) is 0 Å². The van der Waals surface area contributed by atoms with Crippen molar-refractivity contribution in [3.05, 3.63) is 59.2 Å². The molecule has 8 nitrogen and oxygen atoms in total. The van der Waals surface area contributed by atoms with E-state index < -0.39 is 6.04 Å². The van der Waals surface area contributed by atoms with Gasteiger partial charge in [0.05, 0.1) is 12.8 Å². The quantitative estimate of drug-likeness (QED) is 0.653. The number of halogens is 1. The van der Waals surface area contributed by atoms with Gasteiger partial charge in [0.25, 0.3) is 0 Å². The maximum Gasteiger partial charge on any atom is 0.242 e. The Morgan fingerprint density at radius 1 is 1.28 bits per heavy atom. The first kappa shape index (κ1) is 20.3. The maximum atomic E-state index is 13.8. The zero-order chi connectivity index (χ0) is 22.2. The zero-order valence-corrected chi connectivity index (χ0v) is 17.7. The first-order valence-corrected chi connectivity index (χ1v) is 10.2. The molecule has 5 rings (SSSR count). The summed E-state index contributed by atoms with van der Waals surface area (Å²) in [6, 6.07) is 9.09. The molecule has 1 N–H and O–H groups in total. The third-order valence-corrected chi connectivity index (χ3v) is 5.63. The van der Waals surface area contributed by atoms with Crippen molar-refractivity contribution in [3.63, 3.8) is 0 Å². The van der Waals surface area contributed by atoms with Gasteiger partial charge in [-0.3, -0.25) is 9.69 Å². The van der Waals surface area contributed by atoms with Crippen LogP contribution in [0.3, 0.4) is 0 Å². The van der Waals surface area contributed by atoms with Crippen molar-refractivity contribution in [2.75, 3.05) is 27.0 Å². The lowest BCUT2D eigenvalue weighted by molar-refractivity contribution is -0.129. The smallest absolute Gasteiger partial charge is 0.242 e. The molecule has 3 aromatic rings. The number of rotatable bonds is 5. The summed E-state index contributed by atoms with van der Waals surface area (Å²) in [5, 5.41) is 2.86. The van der Waals surface area contributed by atoms with Gasteiger partial charge in [-0.05, 0) is 36.8 Å². The molecule has 0 spiro atoms. The van der Waals surface area contributed by atoms with Crippen molar-refractivity contribution in [1.82, 2.24) is 15.2 Å². The number of carbonyl (C=O) groups is 1. The minimum Gasteiger partial charge on any atom is -0.493 e. The molecule has 3 heterocycles. The third kappa shape index (κ3) is 3.64. The molecule has 2 aliphatic rings. The molecule has 1 atom stereocenters. The number of hydrogen-bond acceptors (Lipinski definition) is 7. The van der Waals surface area contributed by atoms with Crippen LogP contribution in [-0.4, -0.2) is 42.8 Å². The number of piperazine rings is 1. The van der Waals surface area contributed by atoms with Crippen LogP contribution in [0.4, 0.5) is 4.39 Å². The van der Waals surface area contributed by atoms with E-state index in [1.807, 2.05) is 11.8 Å². The van der Waals surface area contributed by atoms with Gasteiger partial charge in [0.15, 0.2) is 11.5 Å². The Balaban J connectivity index is 1.45. The number of amides is 1. The van der Waals surface area contributed by atoms with E-state index in [1.165, 1.54) is 12.1 Å². The molecule has 32 heavy (non-hydrogen) atoms. The molecule has 0 aliphatic carbocycles. The van der Waals surface area contributed by atoms with Crippen molar-refractivity contribution in [2.45, 2.75) is 19.5 Å². The van der Waals surface area contributed by atoms with Crippen LogP contribution >= 0.6 is 0 Å². The van der Waals surface area contributed by atoms with Crippen LogP contribution in [0, 0.1) is 12.7 Å². The summed E-state index contributed by atoms with van der Waals surface area (Å²) in [7, 11) is 1.56. The van der Waals surface area contributed by atoms with Crippen LogP contribution in [0.5, 0.6) is 17.2 Å². The third-order valence-electron chi connectivity index (χ3n) is 5.63. The lowest BCUT2D eigenvalue weighted by Gasteiger charge is -2.34. The first-order valence-electron chi connectivity index (χ1n) is 10.2. The van der Waals surface area contributed by atoms with Crippen LogP contribution in [0.25, 0.3) is 11.5 Å². The normalized spacial score (nSPS) is 18.0. The highest BCUT2D eigenvalue weighted by Crippen LogP contribution is 2.44.